The number of Topliss-reactive ketones (excluding diaryl/α,β-unsaturated/α-hetero) is 1. The van der Waals surface area contributed by atoms with Gasteiger partial charge in [-0.2, -0.15) is 0 Å². The molecule has 1 aliphatic rings. The minimum absolute atomic E-state index is 0.137. The van der Waals surface area contributed by atoms with Crippen LogP contribution in [-0.4, -0.2) is 35.8 Å². The number of carbonyl (C=O) groups excluding carboxylic acids is 1. The zero-order valence-corrected chi connectivity index (χ0v) is 19.3. The third-order valence-corrected chi connectivity index (χ3v) is 6.81. The van der Waals surface area contributed by atoms with Gasteiger partial charge in [-0.15, -0.1) is 0 Å². The Bertz CT molecular complexity index is 1550. The van der Waals surface area contributed by atoms with Gasteiger partial charge in [0.2, 0.25) is 15.8 Å². The van der Waals surface area contributed by atoms with Gasteiger partial charge in [-0.3, -0.25) is 19.7 Å². The minimum Gasteiger partial charge on any atom is -0.497 e. The van der Waals surface area contributed by atoms with Gasteiger partial charge in [-0.05, 0) is 42.0 Å². The van der Waals surface area contributed by atoms with E-state index in [0.29, 0.717) is 22.7 Å². The van der Waals surface area contributed by atoms with Crippen LogP contribution < -0.4 is 15.2 Å². The number of sulfonamides is 1. The fourth-order valence-corrected chi connectivity index (χ4v) is 4.87. The molecule has 1 unspecified atom stereocenters. The van der Waals surface area contributed by atoms with Crippen LogP contribution in [0.5, 0.6) is 5.75 Å². The lowest BCUT2D eigenvalue weighted by Gasteiger charge is -2.24. The van der Waals surface area contributed by atoms with E-state index in [1.165, 1.54) is 24.4 Å². The molecule has 0 saturated carbocycles. The largest absolute Gasteiger partial charge is 0.497 e. The molecular weight excluding hydrogens is 473 g/mol. The molecule has 0 radical (unpaired) electrons. The summed E-state index contributed by atoms with van der Waals surface area (Å²) in [6, 6.07) is 11.9. The van der Waals surface area contributed by atoms with E-state index in [9.17, 15) is 13.2 Å². The van der Waals surface area contributed by atoms with Crippen LogP contribution >= 0.6 is 0 Å². The van der Waals surface area contributed by atoms with Crippen molar-refractivity contribution in [2.75, 3.05) is 7.11 Å². The van der Waals surface area contributed by atoms with Crippen LogP contribution in [-0.2, 0) is 16.6 Å². The smallest absolute Gasteiger partial charge is 0.240 e. The first kappa shape index (κ1) is 22.8. The van der Waals surface area contributed by atoms with Crippen molar-refractivity contribution in [1.29, 1.82) is 0 Å². The first-order chi connectivity index (χ1) is 16.8. The lowest BCUT2D eigenvalue weighted by atomic mass is 9.94. The van der Waals surface area contributed by atoms with Crippen molar-refractivity contribution in [2.24, 2.45) is 5.14 Å². The zero-order chi connectivity index (χ0) is 24.7. The molecule has 11 heteroatoms. The van der Waals surface area contributed by atoms with Crippen molar-refractivity contribution in [3.8, 4) is 22.6 Å². The fourth-order valence-electron chi connectivity index (χ4n) is 4.17. The van der Waals surface area contributed by atoms with E-state index in [0.717, 1.165) is 11.9 Å². The molecule has 0 saturated heterocycles. The van der Waals surface area contributed by atoms with Crippen LogP contribution in [0.25, 0.3) is 16.8 Å². The Hall–Kier alpha value is -3.93. The number of pyridine rings is 1. The van der Waals surface area contributed by atoms with Gasteiger partial charge in [0.15, 0.2) is 0 Å². The summed E-state index contributed by atoms with van der Waals surface area (Å²) in [6.07, 6.45) is 4.07. The molecule has 4 aromatic rings. The Morgan fingerprint density at radius 3 is 2.63 bits per heavy atom. The predicted octanol–water partition coefficient (Wildman–Crippen LogP) is 2.76. The molecule has 3 N–H and O–H groups in total. The third-order valence-electron chi connectivity index (χ3n) is 5.88. The highest BCUT2D eigenvalue weighted by atomic mass is 32.2. The average molecular weight is 494 g/mol. The van der Waals surface area contributed by atoms with Crippen LogP contribution in [0.4, 0.5) is 4.39 Å². The Labute approximate surface area is 200 Å². The summed E-state index contributed by atoms with van der Waals surface area (Å²) in [5.74, 6) is -0.319. The highest BCUT2D eigenvalue weighted by Gasteiger charge is 2.34. The number of nitrogens with two attached hydrogens (primary N) is 1. The number of carbonyl (C=O) groups is 1. The van der Waals surface area contributed by atoms with Gasteiger partial charge in [-0.25, -0.2) is 22.9 Å². The van der Waals surface area contributed by atoms with E-state index >= 15 is 4.39 Å². The number of benzene rings is 2. The van der Waals surface area contributed by atoms with Crippen molar-refractivity contribution >= 4 is 15.8 Å². The van der Waals surface area contributed by atoms with Crippen molar-refractivity contribution in [3.63, 3.8) is 0 Å². The number of hydrogen-bond donors (Lipinski definition) is 2. The van der Waals surface area contributed by atoms with Gasteiger partial charge in [-0.1, -0.05) is 12.1 Å². The molecule has 0 spiro atoms. The number of primary sulfonamides is 1. The van der Waals surface area contributed by atoms with Crippen molar-refractivity contribution in [2.45, 2.75) is 17.5 Å². The van der Waals surface area contributed by atoms with Gasteiger partial charge in [0.05, 0.1) is 12.8 Å². The summed E-state index contributed by atoms with van der Waals surface area (Å²) in [4.78, 5) is 21.4. The number of hydrogen-bond acceptors (Lipinski definition) is 7. The number of aromatic nitrogens is 3. The molecular formula is C24H20FN5O4S. The summed E-state index contributed by atoms with van der Waals surface area (Å²) in [6.45, 7) is 0.274. The molecule has 0 aliphatic carbocycles. The standard InChI is InChI=1S/C24H20FN5O4S/c1-34-16-5-3-15(4-6-16)30-13-29-20-11-28-22(24(31)23(20)30)18-7-2-14(10-19(18)25)17-8-9-27-12-21(17)35(26,32)33/h2-10,12-13,22,28H,11H2,1H3,(H2,26,32,33). The quantitative estimate of drug-likeness (QED) is 0.437. The molecule has 2 aromatic carbocycles. The Morgan fingerprint density at radius 2 is 1.94 bits per heavy atom. The number of halogens is 1. The Morgan fingerprint density at radius 1 is 1.17 bits per heavy atom. The second kappa shape index (κ2) is 8.69. The summed E-state index contributed by atoms with van der Waals surface area (Å²) in [5, 5.41) is 8.33. The highest BCUT2D eigenvalue weighted by Crippen LogP contribution is 2.32. The van der Waals surface area contributed by atoms with Crippen LogP contribution in [0.2, 0.25) is 0 Å². The minimum atomic E-state index is -4.07. The summed E-state index contributed by atoms with van der Waals surface area (Å²) >= 11 is 0. The average Bonchev–Trinajstić information content (AvgIpc) is 3.29. The number of fused-ring (bicyclic) bond motifs is 1. The van der Waals surface area contributed by atoms with Crippen molar-refractivity contribution in [3.05, 3.63) is 90.0 Å². The van der Waals surface area contributed by atoms with Crippen LogP contribution in [0.3, 0.4) is 0 Å². The zero-order valence-electron chi connectivity index (χ0n) is 18.5. The molecule has 1 atom stereocenters. The number of nitrogens with one attached hydrogen (secondary N) is 1. The first-order valence-corrected chi connectivity index (χ1v) is 12.1. The monoisotopic (exact) mass is 493 g/mol. The fraction of sp³-hybridized carbons (Fsp3) is 0.125. The molecule has 178 valence electrons. The molecule has 35 heavy (non-hydrogen) atoms. The second-order valence-corrected chi connectivity index (χ2v) is 9.47. The van der Waals surface area contributed by atoms with Gasteiger partial charge in [0.25, 0.3) is 0 Å². The third kappa shape index (κ3) is 4.09. The van der Waals surface area contributed by atoms with E-state index < -0.39 is 21.9 Å². The predicted molar refractivity (Wildman–Crippen MR) is 125 cm³/mol. The normalized spacial score (nSPS) is 15.6. The Balaban J connectivity index is 1.51. The van der Waals surface area contributed by atoms with Crippen molar-refractivity contribution < 1.29 is 22.3 Å². The highest BCUT2D eigenvalue weighted by molar-refractivity contribution is 7.89. The number of rotatable bonds is 5. The topological polar surface area (TPSA) is 129 Å². The molecule has 5 rings (SSSR count). The van der Waals surface area contributed by atoms with E-state index in [1.54, 1.807) is 48.3 Å². The maximum atomic E-state index is 15.3. The van der Waals surface area contributed by atoms with Crippen LogP contribution in [0.1, 0.15) is 27.8 Å². The van der Waals surface area contributed by atoms with Gasteiger partial charge in [0.1, 0.15) is 34.5 Å². The summed E-state index contributed by atoms with van der Waals surface area (Å²) in [7, 11) is -2.50. The van der Waals surface area contributed by atoms with Gasteiger partial charge < -0.3 is 4.74 Å². The maximum Gasteiger partial charge on any atom is 0.240 e. The van der Waals surface area contributed by atoms with E-state index in [1.807, 2.05) is 0 Å². The number of ketones is 1. The summed E-state index contributed by atoms with van der Waals surface area (Å²) in [5.41, 5.74) is 2.30. The molecule has 0 bridgehead atoms. The lowest BCUT2D eigenvalue weighted by Crippen LogP contribution is -2.36. The van der Waals surface area contributed by atoms with Gasteiger partial charge >= 0.3 is 0 Å². The molecule has 0 fully saturated rings. The maximum absolute atomic E-state index is 15.3. The van der Waals surface area contributed by atoms with E-state index in [4.69, 9.17) is 9.88 Å². The SMILES string of the molecule is COc1ccc(-n2cnc3c2C(=O)C(c2ccc(-c4ccncc4S(N)(=O)=O)cc2F)NC3)cc1. The molecule has 9 nitrogen and oxygen atoms in total. The van der Waals surface area contributed by atoms with Gasteiger partial charge in [0, 0.05) is 35.8 Å². The molecule has 3 heterocycles. The molecule has 0 amide bonds. The summed E-state index contributed by atoms with van der Waals surface area (Å²) < 4.78 is 46.0. The van der Waals surface area contributed by atoms with Crippen LogP contribution in [0, 0.1) is 5.82 Å². The molecule has 1 aliphatic heterocycles. The van der Waals surface area contributed by atoms with Crippen LogP contribution in [0.15, 0.2) is 72.1 Å². The van der Waals surface area contributed by atoms with Crippen molar-refractivity contribution in [1.82, 2.24) is 19.9 Å². The first-order valence-electron chi connectivity index (χ1n) is 10.5. The number of methoxy groups -OCH3 is 1. The lowest BCUT2D eigenvalue weighted by molar-refractivity contribution is 0.0920. The number of imidazole rings is 1. The number of nitrogens with zero attached hydrogens (tertiary/aromatic N) is 3. The van der Waals surface area contributed by atoms with E-state index in [-0.39, 0.29) is 28.4 Å². The Kier molecular flexibility index (Phi) is 5.67. The second-order valence-electron chi connectivity index (χ2n) is 7.94. The number of ether oxygens (including phenoxy) is 1. The van der Waals surface area contributed by atoms with E-state index in [2.05, 4.69) is 15.3 Å². The molecule has 2 aromatic heterocycles.